The Kier molecular flexibility index (Phi) is 7.49. The molecule has 3 rings (SSSR count). The van der Waals surface area contributed by atoms with Gasteiger partial charge >= 0.3 is 0 Å². The molecule has 0 atom stereocenters. The fraction of sp³-hybridized carbons (Fsp3) is 0.111. The van der Waals surface area contributed by atoms with Gasteiger partial charge in [0, 0.05) is 23.8 Å². The second kappa shape index (κ2) is 9.11. The van der Waals surface area contributed by atoms with Crippen molar-refractivity contribution in [2.24, 2.45) is 0 Å². The molecule has 0 spiro atoms. The highest BCUT2D eigenvalue weighted by atomic mass is 35.5. The van der Waals surface area contributed by atoms with E-state index in [4.69, 9.17) is 0 Å². The summed E-state index contributed by atoms with van der Waals surface area (Å²) in [4.78, 5) is 8.81. The summed E-state index contributed by atoms with van der Waals surface area (Å²) in [7, 11) is 0. The quantitative estimate of drug-likeness (QED) is 0.649. The van der Waals surface area contributed by atoms with Crippen molar-refractivity contribution < 1.29 is 0 Å². The lowest BCUT2D eigenvalue weighted by Crippen LogP contribution is -2.03. The lowest BCUT2D eigenvalue weighted by atomic mass is 10.1. The zero-order chi connectivity index (χ0) is 15.4. The van der Waals surface area contributed by atoms with E-state index in [1.165, 1.54) is 11.1 Å². The molecule has 0 aliphatic rings. The Bertz CT molecular complexity index is 759. The highest BCUT2D eigenvalue weighted by molar-refractivity contribution is 5.85. The molecule has 0 aliphatic carbocycles. The molecule has 126 valence electrons. The van der Waals surface area contributed by atoms with Crippen molar-refractivity contribution in [2.75, 3.05) is 10.6 Å². The molecule has 0 bridgehead atoms. The van der Waals surface area contributed by atoms with Crippen LogP contribution in [0.4, 0.5) is 23.0 Å². The molecule has 3 aromatic rings. The molecule has 4 nitrogen and oxygen atoms in total. The van der Waals surface area contributed by atoms with Crippen LogP contribution in [0.2, 0.25) is 0 Å². The normalized spacial score (nSPS) is 9.42. The van der Waals surface area contributed by atoms with E-state index >= 15 is 0 Å². The van der Waals surface area contributed by atoms with Gasteiger partial charge < -0.3 is 10.6 Å². The third-order valence-electron chi connectivity index (χ3n) is 3.46. The van der Waals surface area contributed by atoms with Crippen molar-refractivity contribution >= 4 is 47.8 Å². The van der Waals surface area contributed by atoms with Crippen molar-refractivity contribution in [3.8, 4) is 0 Å². The third kappa shape index (κ3) is 4.60. The Morgan fingerprint density at radius 3 is 1.79 bits per heavy atom. The van der Waals surface area contributed by atoms with Crippen molar-refractivity contribution in [2.45, 2.75) is 13.8 Å². The smallest absolute Gasteiger partial charge is 0.173 e. The first-order valence-electron chi connectivity index (χ1n) is 7.20. The number of halogens is 2. The first kappa shape index (κ1) is 19.7. The van der Waals surface area contributed by atoms with Gasteiger partial charge in [-0.1, -0.05) is 36.4 Å². The first-order valence-corrected chi connectivity index (χ1v) is 7.20. The van der Waals surface area contributed by atoms with E-state index in [0.717, 1.165) is 11.4 Å². The van der Waals surface area contributed by atoms with Crippen LogP contribution in [0.3, 0.4) is 0 Å². The van der Waals surface area contributed by atoms with Crippen LogP contribution in [0, 0.1) is 13.8 Å². The number of anilines is 4. The van der Waals surface area contributed by atoms with Gasteiger partial charge in [0.2, 0.25) is 0 Å². The summed E-state index contributed by atoms with van der Waals surface area (Å²) in [6.45, 7) is 4.16. The lowest BCUT2D eigenvalue weighted by Gasteiger charge is -2.15. The zero-order valence-corrected chi connectivity index (χ0v) is 15.1. The van der Waals surface area contributed by atoms with Gasteiger partial charge in [0.15, 0.2) is 11.6 Å². The fourth-order valence-electron chi connectivity index (χ4n) is 2.31. The zero-order valence-electron chi connectivity index (χ0n) is 13.5. The summed E-state index contributed by atoms with van der Waals surface area (Å²) in [6, 6.07) is 16.2. The van der Waals surface area contributed by atoms with Crippen molar-refractivity contribution in [3.63, 3.8) is 0 Å². The molecular formula is C18H20Cl2N4. The summed E-state index contributed by atoms with van der Waals surface area (Å²) in [5, 5.41) is 6.69. The fourth-order valence-corrected chi connectivity index (χ4v) is 2.31. The monoisotopic (exact) mass is 362 g/mol. The maximum Gasteiger partial charge on any atom is 0.173 e. The van der Waals surface area contributed by atoms with Crippen molar-refractivity contribution in [3.05, 3.63) is 72.1 Å². The average Bonchev–Trinajstić information content (AvgIpc) is 2.54. The van der Waals surface area contributed by atoms with Crippen LogP contribution >= 0.6 is 24.8 Å². The summed E-state index contributed by atoms with van der Waals surface area (Å²) in [6.07, 6.45) is 3.37. The molecule has 0 radical (unpaired) electrons. The highest BCUT2D eigenvalue weighted by Gasteiger charge is 2.09. The molecule has 2 N–H and O–H groups in total. The Morgan fingerprint density at radius 1 is 0.667 bits per heavy atom. The molecule has 1 aromatic heterocycles. The number of nitrogens with one attached hydrogen (secondary N) is 2. The van der Waals surface area contributed by atoms with Crippen LogP contribution in [-0.2, 0) is 0 Å². The number of hydrogen-bond donors (Lipinski definition) is 2. The number of rotatable bonds is 4. The Labute approximate surface area is 154 Å². The molecule has 0 amide bonds. The number of aromatic nitrogens is 2. The van der Waals surface area contributed by atoms with Crippen molar-refractivity contribution in [1.29, 1.82) is 0 Å². The predicted molar refractivity (Wildman–Crippen MR) is 105 cm³/mol. The Morgan fingerprint density at radius 2 is 1.21 bits per heavy atom. The lowest BCUT2D eigenvalue weighted by molar-refractivity contribution is 1.19. The second-order valence-corrected chi connectivity index (χ2v) is 5.14. The van der Waals surface area contributed by atoms with E-state index in [2.05, 4.69) is 52.6 Å². The summed E-state index contributed by atoms with van der Waals surface area (Å²) in [5.74, 6) is 1.42. The van der Waals surface area contributed by atoms with Gasteiger partial charge in [0.25, 0.3) is 0 Å². The Balaban J connectivity index is 0.00000144. The van der Waals surface area contributed by atoms with Crippen molar-refractivity contribution in [1.82, 2.24) is 9.97 Å². The second-order valence-electron chi connectivity index (χ2n) is 5.14. The molecule has 6 heteroatoms. The summed E-state index contributed by atoms with van der Waals surface area (Å²) < 4.78 is 0. The Hall–Kier alpha value is -2.30. The van der Waals surface area contributed by atoms with Gasteiger partial charge in [-0.05, 0) is 37.1 Å². The number of para-hydroxylation sites is 2. The minimum Gasteiger partial charge on any atom is -0.337 e. The third-order valence-corrected chi connectivity index (χ3v) is 3.46. The number of nitrogens with zero attached hydrogens (tertiary/aromatic N) is 2. The van der Waals surface area contributed by atoms with Crippen LogP contribution in [0.25, 0.3) is 0 Å². The largest absolute Gasteiger partial charge is 0.337 e. The molecule has 2 aromatic carbocycles. The van der Waals surface area contributed by atoms with Gasteiger partial charge in [-0.3, -0.25) is 0 Å². The maximum atomic E-state index is 4.42. The van der Waals surface area contributed by atoms with Gasteiger partial charge in [-0.25, -0.2) is 9.97 Å². The molecule has 24 heavy (non-hydrogen) atoms. The van der Waals surface area contributed by atoms with Gasteiger partial charge in [-0.15, -0.1) is 24.8 Å². The van der Waals surface area contributed by atoms with Crippen LogP contribution < -0.4 is 10.6 Å². The standard InChI is InChI=1S/C18H18N4.2ClH/c1-13-7-6-8-14(2)16(13)22-18-17(19-11-12-20-18)21-15-9-4-3-5-10-15;;/h3-12H,1-2H3,(H,19,21)(H,20,22);2*1H. The van der Waals surface area contributed by atoms with E-state index in [1.54, 1.807) is 12.4 Å². The van der Waals surface area contributed by atoms with E-state index in [0.29, 0.717) is 11.6 Å². The molecule has 0 aliphatic heterocycles. The average molecular weight is 363 g/mol. The van der Waals surface area contributed by atoms with Crippen LogP contribution in [-0.4, -0.2) is 9.97 Å². The van der Waals surface area contributed by atoms with Crippen LogP contribution in [0.1, 0.15) is 11.1 Å². The predicted octanol–water partition coefficient (Wildman–Crippen LogP) is 5.42. The SMILES string of the molecule is Cc1cccc(C)c1Nc1nccnc1Nc1ccccc1.Cl.Cl. The molecule has 0 fully saturated rings. The summed E-state index contributed by atoms with van der Waals surface area (Å²) in [5.41, 5.74) is 4.40. The van der Waals surface area contributed by atoms with E-state index < -0.39 is 0 Å². The van der Waals surface area contributed by atoms with Gasteiger partial charge in [0.05, 0.1) is 0 Å². The van der Waals surface area contributed by atoms with E-state index in [1.807, 2.05) is 30.3 Å². The molecule has 0 unspecified atom stereocenters. The minimum atomic E-state index is 0. The van der Waals surface area contributed by atoms with Gasteiger partial charge in [0.1, 0.15) is 0 Å². The number of hydrogen-bond acceptors (Lipinski definition) is 4. The molecular weight excluding hydrogens is 343 g/mol. The molecule has 1 heterocycles. The van der Waals surface area contributed by atoms with E-state index in [9.17, 15) is 0 Å². The van der Waals surface area contributed by atoms with Crippen LogP contribution in [0.5, 0.6) is 0 Å². The van der Waals surface area contributed by atoms with E-state index in [-0.39, 0.29) is 24.8 Å². The molecule has 0 saturated carbocycles. The number of aryl methyl sites for hydroxylation is 2. The molecule has 0 saturated heterocycles. The van der Waals surface area contributed by atoms with Crippen LogP contribution in [0.15, 0.2) is 60.9 Å². The first-order chi connectivity index (χ1) is 10.7. The van der Waals surface area contributed by atoms with Gasteiger partial charge in [-0.2, -0.15) is 0 Å². The summed E-state index contributed by atoms with van der Waals surface area (Å²) >= 11 is 0. The highest BCUT2D eigenvalue weighted by Crippen LogP contribution is 2.27. The topological polar surface area (TPSA) is 49.8 Å². The number of benzene rings is 2. The minimum absolute atomic E-state index is 0. The maximum absolute atomic E-state index is 4.42.